The smallest absolute Gasteiger partial charge is 0.451 e. The zero-order chi connectivity index (χ0) is 58.1. The van der Waals surface area contributed by atoms with Gasteiger partial charge in [0.15, 0.2) is 30.6 Å². The molecular weight excluding hydrogens is 970 g/mol. The number of H-pyrrole nitrogens is 1. The summed E-state index contributed by atoms with van der Waals surface area (Å²) in [4.78, 5) is 42.0. The number of hydrogen-bond donors (Lipinski definition) is 6. The quantitative estimate of drug-likeness (QED) is 0.0620. The first-order valence-electron chi connectivity index (χ1n) is 23.6. The zero-order valence-corrected chi connectivity index (χ0v) is 50.1. The summed E-state index contributed by atoms with van der Waals surface area (Å²) in [5.41, 5.74) is 0.242. The molecular formula is C46H96BN12O11PS. The number of ketones is 2. The number of carbonyl (C=O) groups is 3. The summed E-state index contributed by atoms with van der Waals surface area (Å²) < 4.78 is 40.8. The molecule has 0 aliphatic heterocycles. The lowest BCUT2D eigenvalue weighted by atomic mass is 9.72. The number of carboxylic acids is 1. The van der Waals surface area contributed by atoms with Crippen molar-refractivity contribution in [1.82, 2.24) is 61.0 Å². The van der Waals surface area contributed by atoms with Gasteiger partial charge in [-0.15, -0.1) is 25.5 Å². The zero-order valence-electron chi connectivity index (χ0n) is 48.4. The average Bonchev–Trinajstić information content (AvgIpc) is 3.78. The van der Waals surface area contributed by atoms with Crippen LogP contribution in [0.15, 0.2) is 0 Å². The standard InChI is InChI=1S/C9H16N4O.C8H14N4O2.C7H14O.C6H12N4.C6H15O2P.C5H13BO2.C5H12O3S/c1-7(14)6-13-11-8(10-12-13)5-9(2,3)4;1-8(2,3)4-6-9-10-11-12(6)5-7(13)14;1-6(8)5-7(2,3)4;1-6(2,3)4-5-7-9-10-8-5;1-6(2,3)5-9(4,7)8;1-5(2,3)4-6(7)8;1-5(2,3)4-9(6,7)8/h5-6H2,1-4H3;4-5H2,1-3H3,(H,13,14);5H2,1-4H3;4H2,1-3H3,(H,7,8,9,10);5H2,1-4H3,(H,7,8);7-8H,4H2,1-3H3;4H2,1-3H3,(H,6,7,8). The van der Waals surface area contributed by atoms with Gasteiger partial charge in [-0.3, -0.25) is 18.7 Å². The van der Waals surface area contributed by atoms with Crippen molar-refractivity contribution in [2.75, 3.05) is 18.6 Å². The first-order valence-corrected chi connectivity index (χ1v) is 27.5. The summed E-state index contributed by atoms with van der Waals surface area (Å²) in [5.74, 6) is 1.28. The Kier molecular flexibility index (Phi) is 32.9. The number of carboxylic acid groups (broad SMARTS) is 1. The number of aromatic nitrogens is 12. The van der Waals surface area contributed by atoms with Crippen LogP contribution in [0.4, 0.5) is 0 Å². The lowest BCUT2D eigenvalue weighted by Gasteiger charge is -2.19. The summed E-state index contributed by atoms with van der Waals surface area (Å²) in [6, 6.07) is 0. The number of rotatable bonds is 11. The molecule has 3 rings (SSSR count). The molecule has 0 radical (unpaired) electrons. The van der Waals surface area contributed by atoms with Crippen LogP contribution in [-0.2, 0) is 61.4 Å². The third-order valence-corrected chi connectivity index (χ3v) is 9.93. The summed E-state index contributed by atoms with van der Waals surface area (Å²) in [6.45, 7) is 46.7. The second kappa shape index (κ2) is 31.7. The molecule has 0 spiro atoms. The molecule has 0 fully saturated rings. The molecule has 6 N–H and O–H groups in total. The largest absolute Gasteiger partial charge is 0.480 e. The lowest BCUT2D eigenvalue weighted by molar-refractivity contribution is -0.138. The van der Waals surface area contributed by atoms with Crippen LogP contribution in [0.25, 0.3) is 0 Å². The van der Waals surface area contributed by atoms with E-state index in [0.717, 1.165) is 18.7 Å². The number of nitrogens with zero attached hydrogens (tertiary/aromatic N) is 11. The normalized spacial score (nSPS) is 12.9. The van der Waals surface area contributed by atoms with E-state index in [4.69, 9.17) is 24.6 Å². The maximum absolute atomic E-state index is 10.8. The highest BCUT2D eigenvalue weighted by Gasteiger charge is 2.22. The van der Waals surface area contributed by atoms with Crippen molar-refractivity contribution < 1.29 is 52.0 Å². The van der Waals surface area contributed by atoms with Gasteiger partial charge in [0, 0.05) is 38.5 Å². The fourth-order valence-corrected chi connectivity index (χ4v) is 8.47. The monoisotopic (exact) mass is 1070 g/mol. The summed E-state index contributed by atoms with van der Waals surface area (Å²) >= 11 is 0. The van der Waals surface area contributed by atoms with Gasteiger partial charge in [-0.1, -0.05) is 151 Å². The molecule has 0 aromatic carbocycles. The van der Waals surface area contributed by atoms with Crippen LogP contribution in [-0.4, -0.2) is 137 Å². The molecule has 3 heterocycles. The van der Waals surface area contributed by atoms with E-state index < -0.39 is 30.6 Å². The van der Waals surface area contributed by atoms with Gasteiger partial charge in [-0.05, 0) is 73.7 Å². The number of aromatic amines is 1. The van der Waals surface area contributed by atoms with E-state index in [-0.39, 0.29) is 68.3 Å². The molecule has 0 bridgehead atoms. The van der Waals surface area contributed by atoms with Crippen LogP contribution in [0.3, 0.4) is 0 Å². The summed E-state index contributed by atoms with van der Waals surface area (Å²) in [6.07, 6.45) is 3.82. The van der Waals surface area contributed by atoms with E-state index in [0.29, 0.717) is 37.0 Å². The number of tetrazole rings is 3. The number of Topliss-reactive ketones (excluding diaryl/α,β-unsaturated/α-hetero) is 2. The number of aliphatic carboxylic acids is 1. The van der Waals surface area contributed by atoms with Crippen molar-refractivity contribution in [3.63, 3.8) is 0 Å². The highest BCUT2D eigenvalue weighted by molar-refractivity contribution is 7.85. The Morgan fingerprint density at radius 1 is 0.639 bits per heavy atom. The molecule has 0 aliphatic rings. The third-order valence-electron chi connectivity index (χ3n) is 7.16. The predicted octanol–water partition coefficient (Wildman–Crippen LogP) is 7.36. The molecule has 26 heteroatoms. The number of hydrogen-bond acceptors (Lipinski definition) is 17. The maximum atomic E-state index is 10.8. The average molecular weight is 1070 g/mol. The minimum absolute atomic E-state index is 0.0220. The summed E-state index contributed by atoms with van der Waals surface area (Å²) in [7, 11) is -7.73. The fraction of sp³-hybridized carbons (Fsp3) is 0.870. The van der Waals surface area contributed by atoms with Gasteiger partial charge < -0.3 is 24.8 Å². The van der Waals surface area contributed by atoms with Crippen LogP contribution in [0.5, 0.6) is 0 Å². The van der Waals surface area contributed by atoms with E-state index >= 15 is 0 Å². The third kappa shape index (κ3) is 62.2. The topological polar surface area (TPSA) is 345 Å². The SMILES string of the molecule is CC(=O)CC(C)(C)C.CC(=O)Cn1nnc(CC(C)(C)C)n1.CC(C)(C)CB(O)O.CC(C)(C)CP(C)(=O)O.CC(C)(C)CS(=O)(=O)O.CC(C)(C)Cc1nn[nH]n1.CC(C)(C)Cc1nnnn1CC(=O)O. The Morgan fingerprint density at radius 2 is 1.11 bits per heavy atom. The van der Waals surface area contributed by atoms with Gasteiger partial charge in [0.2, 0.25) is 0 Å². The van der Waals surface area contributed by atoms with Gasteiger partial charge in [0.1, 0.15) is 18.9 Å². The van der Waals surface area contributed by atoms with Crippen LogP contribution >= 0.6 is 7.37 Å². The van der Waals surface area contributed by atoms with E-state index in [1.807, 2.05) is 62.3 Å². The Labute approximate surface area is 432 Å². The Morgan fingerprint density at radius 3 is 1.36 bits per heavy atom. The van der Waals surface area contributed by atoms with Crippen molar-refractivity contribution >= 4 is 42.1 Å². The second-order valence-electron chi connectivity index (χ2n) is 26.4. The van der Waals surface area contributed by atoms with Gasteiger partial charge in [0.25, 0.3) is 10.1 Å². The molecule has 0 saturated carbocycles. The van der Waals surface area contributed by atoms with Crippen molar-refractivity contribution in [2.24, 2.45) is 37.9 Å². The van der Waals surface area contributed by atoms with Crippen LogP contribution in [0, 0.1) is 37.9 Å². The Balaban J connectivity index is -0.000000380. The molecule has 1 atom stereocenters. The highest BCUT2D eigenvalue weighted by Crippen LogP contribution is 2.41. The van der Waals surface area contributed by atoms with Gasteiger partial charge >= 0.3 is 13.1 Å². The van der Waals surface area contributed by atoms with Crippen LogP contribution in [0.2, 0.25) is 6.32 Å². The van der Waals surface area contributed by atoms with Crippen molar-refractivity contribution in [1.29, 1.82) is 0 Å². The van der Waals surface area contributed by atoms with E-state index in [2.05, 4.69) is 114 Å². The number of nitrogens with one attached hydrogen (secondary N) is 1. The minimum atomic E-state index is -3.78. The first kappa shape index (κ1) is 74.6. The molecule has 0 saturated heterocycles. The molecule has 23 nitrogen and oxygen atoms in total. The minimum Gasteiger partial charge on any atom is -0.480 e. The lowest BCUT2D eigenvalue weighted by Crippen LogP contribution is -2.19. The molecule has 0 aliphatic carbocycles. The fourth-order valence-electron chi connectivity index (χ4n) is 5.62. The molecule has 3 aromatic rings. The Bertz CT molecular complexity index is 2130. The molecule has 420 valence electrons. The maximum Gasteiger partial charge on any atom is 0.451 e. The highest BCUT2D eigenvalue weighted by atomic mass is 32.2. The van der Waals surface area contributed by atoms with Gasteiger partial charge in [-0.2, -0.15) is 18.4 Å². The molecule has 1 unspecified atom stereocenters. The van der Waals surface area contributed by atoms with Gasteiger partial charge in [0.05, 0.1) is 5.75 Å². The van der Waals surface area contributed by atoms with Crippen LogP contribution in [0.1, 0.15) is 183 Å². The first-order chi connectivity index (χ1) is 31.6. The van der Waals surface area contributed by atoms with Crippen molar-refractivity contribution in [3.05, 3.63) is 17.5 Å². The molecule has 72 heavy (non-hydrogen) atoms. The molecule has 3 aromatic heterocycles. The van der Waals surface area contributed by atoms with E-state index in [9.17, 15) is 27.4 Å². The Hall–Kier alpha value is -3.90. The second-order valence-corrected chi connectivity index (χ2v) is 30.2. The van der Waals surface area contributed by atoms with Crippen molar-refractivity contribution in [3.8, 4) is 0 Å². The van der Waals surface area contributed by atoms with E-state index in [1.165, 1.54) is 23.1 Å². The van der Waals surface area contributed by atoms with Crippen molar-refractivity contribution in [2.45, 2.75) is 204 Å². The predicted molar refractivity (Wildman–Crippen MR) is 283 cm³/mol. The molecule has 0 amide bonds. The number of carbonyl (C=O) groups excluding carboxylic acids is 2. The summed E-state index contributed by atoms with van der Waals surface area (Å²) in [5, 5.41) is 61.7. The van der Waals surface area contributed by atoms with Gasteiger partial charge in [-0.25, -0.2) is 4.68 Å². The van der Waals surface area contributed by atoms with Crippen LogP contribution < -0.4 is 0 Å². The van der Waals surface area contributed by atoms with E-state index in [1.54, 1.807) is 27.7 Å².